The summed E-state index contributed by atoms with van der Waals surface area (Å²) in [5, 5.41) is 2.83. The van der Waals surface area contributed by atoms with Gasteiger partial charge in [-0.3, -0.25) is 9.59 Å². The first-order valence-corrected chi connectivity index (χ1v) is 10.7. The van der Waals surface area contributed by atoms with Crippen LogP contribution in [0.2, 0.25) is 0 Å². The Hall–Kier alpha value is -3.25. The minimum absolute atomic E-state index is 0.0415. The van der Waals surface area contributed by atoms with Gasteiger partial charge in [-0.05, 0) is 29.8 Å². The predicted octanol–water partition coefficient (Wildman–Crippen LogP) is 4.60. The van der Waals surface area contributed by atoms with Crippen LogP contribution >= 0.6 is 11.8 Å². The minimum atomic E-state index is -0.174. The van der Waals surface area contributed by atoms with Crippen molar-refractivity contribution in [1.29, 1.82) is 0 Å². The number of carbonyl (C=O) groups is 2. The minimum Gasteiger partial charge on any atom is -0.495 e. The quantitative estimate of drug-likeness (QED) is 0.550. The van der Waals surface area contributed by atoms with Gasteiger partial charge in [-0.2, -0.15) is 0 Å². The highest BCUT2D eigenvalue weighted by Gasteiger charge is 2.17. The topological polar surface area (TPSA) is 58.6 Å². The fourth-order valence-electron chi connectivity index (χ4n) is 2.94. The van der Waals surface area contributed by atoms with E-state index in [2.05, 4.69) is 5.32 Å². The molecule has 5 nitrogen and oxygen atoms in total. The van der Waals surface area contributed by atoms with Crippen LogP contribution in [-0.2, 0) is 16.1 Å². The average Bonchev–Trinajstić information content (AvgIpc) is 2.79. The number of hydrogen-bond donors (Lipinski definition) is 1. The molecule has 30 heavy (non-hydrogen) atoms. The molecule has 0 aliphatic rings. The lowest BCUT2D eigenvalue weighted by molar-refractivity contribution is -0.116. The maximum Gasteiger partial charge on any atom is 0.237 e. The Morgan fingerprint density at radius 2 is 1.50 bits per heavy atom. The third-order valence-electron chi connectivity index (χ3n) is 4.39. The van der Waals surface area contributed by atoms with Crippen molar-refractivity contribution >= 4 is 35.0 Å². The molecule has 0 aliphatic heterocycles. The van der Waals surface area contributed by atoms with Crippen LogP contribution in [0.4, 0.5) is 11.4 Å². The van der Waals surface area contributed by atoms with Crippen molar-refractivity contribution in [2.75, 3.05) is 28.8 Å². The maximum absolute atomic E-state index is 12.9. The highest BCUT2D eigenvalue weighted by molar-refractivity contribution is 8.00. The first kappa shape index (κ1) is 21.5. The summed E-state index contributed by atoms with van der Waals surface area (Å²) in [6, 6.07) is 26.7. The van der Waals surface area contributed by atoms with Crippen molar-refractivity contribution in [2.24, 2.45) is 0 Å². The summed E-state index contributed by atoms with van der Waals surface area (Å²) in [6.45, 7) is 0.484. The van der Waals surface area contributed by atoms with Crippen LogP contribution in [-0.4, -0.2) is 30.4 Å². The molecule has 0 heterocycles. The fraction of sp³-hybridized carbons (Fsp3) is 0.167. The van der Waals surface area contributed by atoms with Crippen LogP contribution in [0.5, 0.6) is 5.75 Å². The number of thioether (sulfide) groups is 1. The Balaban J connectivity index is 1.58. The number of nitrogens with zero attached hydrogens (tertiary/aromatic N) is 1. The second-order valence-electron chi connectivity index (χ2n) is 6.54. The Morgan fingerprint density at radius 3 is 2.20 bits per heavy atom. The van der Waals surface area contributed by atoms with Crippen LogP contribution < -0.4 is 15.0 Å². The molecule has 154 valence electrons. The van der Waals surface area contributed by atoms with Crippen molar-refractivity contribution in [2.45, 2.75) is 6.54 Å². The van der Waals surface area contributed by atoms with E-state index in [-0.39, 0.29) is 23.3 Å². The molecule has 0 atom stereocenters. The predicted molar refractivity (Wildman–Crippen MR) is 123 cm³/mol. The number of amides is 2. The molecular formula is C24H24N2O3S. The van der Waals surface area contributed by atoms with E-state index in [0.29, 0.717) is 18.0 Å². The Kier molecular flexibility index (Phi) is 7.92. The lowest BCUT2D eigenvalue weighted by Crippen LogP contribution is -2.32. The Labute approximate surface area is 181 Å². The number of carbonyl (C=O) groups excluding carboxylic acids is 2. The van der Waals surface area contributed by atoms with E-state index in [1.54, 1.807) is 24.1 Å². The largest absolute Gasteiger partial charge is 0.495 e. The standard InChI is InChI=1S/C24H24N2O3S/c1-29-22-15-9-8-14-21(22)25-23(27)17-30-18-24(28)26(20-12-6-3-7-13-20)16-19-10-4-2-5-11-19/h2-15H,16-18H2,1H3,(H,25,27). The van der Waals surface area contributed by atoms with Crippen molar-refractivity contribution in [1.82, 2.24) is 0 Å². The summed E-state index contributed by atoms with van der Waals surface area (Å²) in [6.07, 6.45) is 0. The van der Waals surface area contributed by atoms with E-state index in [4.69, 9.17) is 4.74 Å². The van der Waals surface area contributed by atoms with Crippen LogP contribution in [0.25, 0.3) is 0 Å². The number of rotatable bonds is 9. The average molecular weight is 421 g/mol. The second kappa shape index (κ2) is 11.1. The fourth-order valence-corrected chi connectivity index (χ4v) is 3.63. The van der Waals surface area contributed by atoms with Gasteiger partial charge in [0.15, 0.2) is 0 Å². The molecule has 0 saturated heterocycles. The normalized spacial score (nSPS) is 10.3. The number of ether oxygens (including phenoxy) is 1. The van der Waals surface area contributed by atoms with E-state index in [1.165, 1.54) is 11.8 Å². The Morgan fingerprint density at radius 1 is 0.867 bits per heavy atom. The summed E-state index contributed by atoms with van der Waals surface area (Å²) in [5.41, 5.74) is 2.51. The SMILES string of the molecule is COc1ccccc1NC(=O)CSCC(=O)N(Cc1ccccc1)c1ccccc1. The second-order valence-corrected chi connectivity index (χ2v) is 7.53. The Bertz CT molecular complexity index is 964. The smallest absolute Gasteiger partial charge is 0.237 e. The van der Waals surface area contributed by atoms with Crippen LogP contribution in [0.3, 0.4) is 0 Å². The number of hydrogen-bond acceptors (Lipinski definition) is 4. The maximum atomic E-state index is 12.9. The molecule has 0 radical (unpaired) electrons. The molecular weight excluding hydrogens is 396 g/mol. The van der Waals surface area contributed by atoms with E-state index in [1.807, 2.05) is 72.8 Å². The van der Waals surface area contributed by atoms with Crippen molar-refractivity contribution in [3.8, 4) is 5.75 Å². The highest BCUT2D eigenvalue weighted by Crippen LogP contribution is 2.23. The first-order valence-electron chi connectivity index (χ1n) is 9.57. The molecule has 0 bridgehead atoms. The van der Waals surface area contributed by atoms with Gasteiger partial charge in [0.25, 0.3) is 0 Å². The van der Waals surface area contributed by atoms with Gasteiger partial charge in [-0.1, -0.05) is 60.7 Å². The number of anilines is 2. The summed E-state index contributed by atoms with van der Waals surface area (Å²) < 4.78 is 5.24. The number of nitrogens with one attached hydrogen (secondary N) is 1. The zero-order valence-electron chi connectivity index (χ0n) is 16.8. The van der Waals surface area contributed by atoms with Crippen LogP contribution in [0, 0.1) is 0 Å². The van der Waals surface area contributed by atoms with Gasteiger partial charge >= 0.3 is 0 Å². The summed E-state index contributed by atoms with van der Waals surface area (Å²) in [5.74, 6) is 0.774. The molecule has 0 saturated carbocycles. The molecule has 2 amide bonds. The number of para-hydroxylation sites is 3. The highest BCUT2D eigenvalue weighted by atomic mass is 32.2. The van der Waals surface area contributed by atoms with Crippen molar-refractivity contribution in [3.05, 3.63) is 90.5 Å². The van der Waals surface area contributed by atoms with Crippen LogP contribution in [0.15, 0.2) is 84.9 Å². The molecule has 0 spiro atoms. The monoisotopic (exact) mass is 420 g/mol. The van der Waals surface area contributed by atoms with Gasteiger partial charge in [0.05, 0.1) is 30.8 Å². The van der Waals surface area contributed by atoms with Gasteiger partial charge in [0.2, 0.25) is 11.8 Å². The molecule has 0 aromatic heterocycles. The summed E-state index contributed by atoms with van der Waals surface area (Å²) in [7, 11) is 1.56. The van der Waals surface area contributed by atoms with Gasteiger partial charge in [-0.25, -0.2) is 0 Å². The molecule has 0 fully saturated rings. The van der Waals surface area contributed by atoms with E-state index >= 15 is 0 Å². The van der Waals surface area contributed by atoms with Gasteiger partial charge in [0.1, 0.15) is 5.75 Å². The van der Waals surface area contributed by atoms with Crippen molar-refractivity contribution < 1.29 is 14.3 Å². The number of methoxy groups -OCH3 is 1. The summed E-state index contributed by atoms with van der Waals surface area (Å²) in [4.78, 5) is 27.0. The van der Waals surface area contributed by atoms with Gasteiger partial charge in [0, 0.05) is 5.69 Å². The first-order chi connectivity index (χ1) is 14.7. The van der Waals surface area contributed by atoms with Crippen LogP contribution in [0.1, 0.15) is 5.56 Å². The molecule has 6 heteroatoms. The van der Waals surface area contributed by atoms with E-state index < -0.39 is 0 Å². The molecule has 1 N–H and O–H groups in total. The van der Waals surface area contributed by atoms with E-state index in [0.717, 1.165) is 11.3 Å². The van der Waals surface area contributed by atoms with E-state index in [9.17, 15) is 9.59 Å². The van der Waals surface area contributed by atoms with Gasteiger partial charge in [-0.15, -0.1) is 11.8 Å². The number of benzene rings is 3. The van der Waals surface area contributed by atoms with Gasteiger partial charge < -0.3 is 15.0 Å². The third-order valence-corrected chi connectivity index (χ3v) is 5.31. The molecule has 3 aromatic rings. The lowest BCUT2D eigenvalue weighted by atomic mass is 10.2. The molecule has 0 aliphatic carbocycles. The third kappa shape index (κ3) is 6.12. The zero-order chi connectivity index (χ0) is 21.2. The van der Waals surface area contributed by atoms with Crippen molar-refractivity contribution in [3.63, 3.8) is 0 Å². The molecule has 3 aromatic carbocycles. The zero-order valence-corrected chi connectivity index (χ0v) is 17.6. The lowest BCUT2D eigenvalue weighted by Gasteiger charge is -2.23. The molecule has 3 rings (SSSR count). The summed E-state index contributed by atoms with van der Waals surface area (Å²) >= 11 is 1.29. The molecule has 0 unspecified atom stereocenters.